The maximum Gasteiger partial charge on any atom is 0.143 e. The summed E-state index contributed by atoms with van der Waals surface area (Å²) in [4.78, 5) is 0. The summed E-state index contributed by atoms with van der Waals surface area (Å²) in [5, 5.41) is 13.3. The van der Waals surface area contributed by atoms with Crippen LogP contribution in [0, 0.1) is 0 Å². The average Bonchev–Trinajstić information content (AvgIpc) is 3.99. The first kappa shape index (κ1) is 47.7. The van der Waals surface area contributed by atoms with E-state index in [0.717, 1.165) is 110 Å². The third-order valence-electron chi connectivity index (χ3n) is 16.5. The van der Waals surface area contributed by atoms with Gasteiger partial charge >= 0.3 is 0 Å². The van der Waals surface area contributed by atoms with Crippen molar-refractivity contribution in [2.45, 2.75) is 0 Å². The standard InChI is InChI=1S/C74H41B5O/c75-69-68(70(76)72(78)73(79)71(69)77)67-58-31-10-8-29-56(58)65(57-30-9-11-32-59(57)67)47-24-13-22-45(40-47)50-34-15-20-43-19-14-33-49(63(43)50)44-21-12-23-46(39-44)64-52-25-4-6-27-54(52)66(55-28-7-5-26-53(55)64)48-37-38-62-61(41-48)60-36-16-35-51(74(60)80-62)42-17-2-1-3-18-42/h1-41H. The van der Waals surface area contributed by atoms with Gasteiger partial charge < -0.3 is 4.42 Å². The van der Waals surface area contributed by atoms with Crippen LogP contribution >= 0.6 is 0 Å². The zero-order valence-corrected chi connectivity index (χ0v) is 43.5. The highest BCUT2D eigenvalue weighted by molar-refractivity contribution is 6.69. The Hall–Kier alpha value is -9.50. The van der Waals surface area contributed by atoms with E-state index < -0.39 is 0 Å². The quantitative estimate of drug-likeness (QED) is 0.115. The SMILES string of the molecule is [B]c1c([B])c([B])c(-c2c3ccccc3c(-c3cccc(-c4cccc5cccc(-c6cccc(-c7c8ccccc8c(-c8ccc9oc%10c(-c%11ccccc%11)cccc%10c9c8)c8ccccc78)c6)c45)c3)c3ccccc23)c([B])c1[B]. The lowest BCUT2D eigenvalue weighted by atomic mass is 9.59. The Morgan fingerprint density at radius 2 is 0.588 bits per heavy atom. The number of hydrogen-bond acceptors (Lipinski definition) is 1. The first-order valence-corrected chi connectivity index (χ1v) is 26.9. The predicted molar refractivity (Wildman–Crippen MR) is 346 cm³/mol. The fraction of sp³-hybridized carbons (Fsp3) is 0. The Morgan fingerprint density at radius 1 is 0.225 bits per heavy atom. The lowest BCUT2D eigenvalue weighted by molar-refractivity contribution is 0.670. The largest absolute Gasteiger partial charge is 0.455 e. The van der Waals surface area contributed by atoms with Gasteiger partial charge in [-0.15, -0.1) is 16.4 Å². The Balaban J connectivity index is 0.876. The first-order chi connectivity index (χ1) is 39.3. The molecule has 0 unspecified atom stereocenters. The van der Waals surface area contributed by atoms with Crippen molar-refractivity contribution in [2.75, 3.05) is 0 Å². The van der Waals surface area contributed by atoms with Gasteiger partial charge in [0.05, 0.1) is 0 Å². The van der Waals surface area contributed by atoms with E-state index in [1.807, 2.05) is 18.2 Å². The molecule has 0 spiro atoms. The van der Waals surface area contributed by atoms with Gasteiger partial charge in [0.2, 0.25) is 0 Å². The van der Waals surface area contributed by atoms with Crippen LogP contribution in [-0.4, -0.2) is 39.2 Å². The highest BCUT2D eigenvalue weighted by Gasteiger charge is 2.23. The van der Waals surface area contributed by atoms with E-state index in [0.29, 0.717) is 16.5 Å². The third kappa shape index (κ3) is 7.39. The first-order valence-electron chi connectivity index (χ1n) is 26.9. The van der Waals surface area contributed by atoms with Crippen LogP contribution in [-0.2, 0) is 0 Å². The molecule has 0 bridgehead atoms. The molecule has 0 fully saturated rings. The molecule has 0 aliphatic rings. The van der Waals surface area contributed by atoms with Crippen molar-refractivity contribution in [2.24, 2.45) is 0 Å². The highest BCUT2D eigenvalue weighted by atomic mass is 16.3. The Bertz CT molecular complexity index is 4930. The summed E-state index contributed by atoms with van der Waals surface area (Å²) >= 11 is 0. The van der Waals surface area contributed by atoms with Crippen LogP contribution in [0.5, 0.6) is 0 Å². The summed E-state index contributed by atoms with van der Waals surface area (Å²) < 4.78 is 6.65. The summed E-state index contributed by atoms with van der Waals surface area (Å²) in [6, 6.07) is 89.5. The minimum atomic E-state index is 0.191. The zero-order chi connectivity index (χ0) is 53.8. The summed E-state index contributed by atoms with van der Waals surface area (Å²) in [6.45, 7) is 0. The molecular formula is C74H41B5O. The fourth-order valence-corrected chi connectivity index (χ4v) is 12.9. The maximum absolute atomic E-state index is 6.80. The number of fused-ring (bicyclic) bond motifs is 8. The lowest BCUT2D eigenvalue weighted by Gasteiger charge is -2.25. The van der Waals surface area contributed by atoms with Crippen molar-refractivity contribution in [1.82, 2.24) is 0 Å². The van der Waals surface area contributed by atoms with E-state index in [-0.39, 0.29) is 16.4 Å². The van der Waals surface area contributed by atoms with Gasteiger partial charge in [-0.2, -0.15) is 0 Å². The van der Waals surface area contributed by atoms with E-state index in [4.69, 9.17) is 43.6 Å². The van der Waals surface area contributed by atoms with E-state index in [9.17, 15) is 0 Å². The smallest absolute Gasteiger partial charge is 0.143 e. The molecule has 15 rings (SSSR count). The molecule has 0 atom stereocenters. The molecule has 358 valence electrons. The molecule has 1 nitrogen and oxygen atoms in total. The minimum absolute atomic E-state index is 0.191. The van der Waals surface area contributed by atoms with Gasteiger partial charge in [0, 0.05) is 16.3 Å². The van der Waals surface area contributed by atoms with Gasteiger partial charge in [-0.05, 0) is 150 Å². The summed E-state index contributed by atoms with van der Waals surface area (Å²) in [5.41, 5.74) is 18.1. The number of hydrogen-bond donors (Lipinski definition) is 0. The van der Waals surface area contributed by atoms with Crippen LogP contribution in [0.4, 0.5) is 0 Å². The van der Waals surface area contributed by atoms with Crippen molar-refractivity contribution in [3.05, 3.63) is 249 Å². The number of para-hydroxylation sites is 1. The molecule has 0 N–H and O–H groups in total. The van der Waals surface area contributed by atoms with Crippen LogP contribution < -0.4 is 27.3 Å². The van der Waals surface area contributed by atoms with Gasteiger partial charge in [-0.3, -0.25) is 0 Å². The van der Waals surface area contributed by atoms with E-state index in [2.05, 4.69) is 231 Å². The maximum atomic E-state index is 6.80. The van der Waals surface area contributed by atoms with Gasteiger partial charge in [0.15, 0.2) is 0 Å². The molecule has 10 radical (unpaired) electrons. The van der Waals surface area contributed by atoms with E-state index >= 15 is 0 Å². The second kappa shape index (κ2) is 18.9. The molecule has 1 aromatic heterocycles. The van der Waals surface area contributed by atoms with Crippen molar-refractivity contribution >= 4 is 142 Å². The van der Waals surface area contributed by atoms with Crippen molar-refractivity contribution in [1.29, 1.82) is 0 Å². The second-order valence-corrected chi connectivity index (χ2v) is 20.9. The van der Waals surface area contributed by atoms with Gasteiger partial charge in [0.1, 0.15) is 50.4 Å². The molecule has 0 amide bonds. The molecule has 1 heterocycles. The van der Waals surface area contributed by atoms with Crippen LogP contribution in [0.25, 0.3) is 154 Å². The molecule has 14 aromatic carbocycles. The number of rotatable bonds is 7. The van der Waals surface area contributed by atoms with E-state index in [1.165, 1.54) is 38.1 Å². The Morgan fingerprint density at radius 3 is 1.07 bits per heavy atom. The van der Waals surface area contributed by atoms with Crippen LogP contribution in [0.2, 0.25) is 0 Å². The molecule has 80 heavy (non-hydrogen) atoms. The zero-order valence-electron chi connectivity index (χ0n) is 43.5. The Kier molecular flexibility index (Phi) is 11.2. The van der Waals surface area contributed by atoms with Crippen LogP contribution in [0.3, 0.4) is 0 Å². The number of furan rings is 1. The molecule has 0 saturated heterocycles. The van der Waals surface area contributed by atoms with Gasteiger partial charge in [-0.25, -0.2) is 0 Å². The van der Waals surface area contributed by atoms with Gasteiger partial charge in [-0.1, -0.05) is 235 Å². The molecular weight excluding hydrogens is 959 g/mol. The Labute approximate surface area is 470 Å². The average molecular weight is 1000 g/mol. The minimum Gasteiger partial charge on any atom is -0.455 e. The second-order valence-electron chi connectivity index (χ2n) is 20.9. The van der Waals surface area contributed by atoms with Crippen molar-refractivity contribution in [3.63, 3.8) is 0 Å². The molecule has 0 aliphatic carbocycles. The number of benzene rings is 14. The molecule has 0 saturated carbocycles. The third-order valence-corrected chi connectivity index (χ3v) is 16.5. The normalized spacial score (nSPS) is 11.8. The van der Waals surface area contributed by atoms with Crippen LogP contribution in [0.15, 0.2) is 253 Å². The highest BCUT2D eigenvalue weighted by Crippen LogP contribution is 2.48. The molecule has 15 aromatic rings. The predicted octanol–water partition coefficient (Wildman–Crippen LogP) is 15.0. The van der Waals surface area contributed by atoms with E-state index in [1.54, 1.807) is 0 Å². The topological polar surface area (TPSA) is 13.1 Å². The molecule has 0 aliphatic heterocycles. The van der Waals surface area contributed by atoms with Crippen molar-refractivity contribution < 1.29 is 4.42 Å². The molecule has 6 heteroatoms. The lowest BCUT2D eigenvalue weighted by Crippen LogP contribution is -2.55. The van der Waals surface area contributed by atoms with Gasteiger partial charge in [0.25, 0.3) is 0 Å². The van der Waals surface area contributed by atoms with Crippen LogP contribution in [0.1, 0.15) is 0 Å². The summed E-state index contributed by atoms with van der Waals surface area (Å²) in [6.07, 6.45) is 0. The monoisotopic (exact) mass is 1000 g/mol. The summed E-state index contributed by atoms with van der Waals surface area (Å²) in [7, 11) is 32.9. The fourth-order valence-electron chi connectivity index (χ4n) is 12.9. The van der Waals surface area contributed by atoms with Crippen molar-refractivity contribution in [3.8, 4) is 77.9 Å². The summed E-state index contributed by atoms with van der Waals surface area (Å²) in [5.74, 6) is 0.